The molecular weight excluding hydrogens is 206 g/mol. The lowest BCUT2D eigenvalue weighted by Crippen LogP contribution is -2.27. The minimum atomic E-state index is -0.440. The number of nitrogens with one attached hydrogen (secondary N) is 1. The van der Waals surface area contributed by atoms with E-state index in [0.717, 1.165) is 12.2 Å². The van der Waals surface area contributed by atoms with E-state index in [1.54, 1.807) is 0 Å². The molecule has 88 valence electrons. The maximum Gasteiger partial charge on any atom is 0.406 e. The van der Waals surface area contributed by atoms with E-state index in [-0.39, 0.29) is 0 Å². The Morgan fingerprint density at radius 3 is 2.56 bits per heavy atom. The van der Waals surface area contributed by atoms with Gasteiger partial charge in [-0.1, -0.05) is 19.1 Å². The third kappa shape index (κ3) is 4.21. The van der Waals surface area contributed by atoms with Crippen molar-refractivity contribution in [3.63, 3.8) is 0 Å². The summed E-state index contributed by atoms with van der Waals surface area (Å²) in [5, 5.41) is 2.54. The first-order valence-electron chi connectivity index (χ1n) is 5.29. The zero-order valence-electron chi connectivity index (χ0n) is 9.66. The van der Waals surface area contributed by atoms with E-state index >= 15 is 0 Å². The number of ether oxygens (including phenoxy) is 2. The number of alkyl carbamates (subject to hydrolysis) is 1. The maximum atomic E-state index is 10.7. The van der Waals surface area contributed by atoms with Gasteiger partial charge in [-0.25, -0.2) is 4.79 Å². The van der Waals surface area contributed by atoms with Crippen LogP contribution in [-0.2, 0) is 11.2 Å². The average Bonchev–Trinajstić information content (AvgIpc) is 2.35. The third-order valence-electron chi connectivity index (χ3n) is 2.16. The van der Waals surface area contributed by atoms with E-state index in [9.17, 15) is 4.79 Å². The molecule has 0 saturated heterocycles. The zero-order valence-corrected chi connectivity index (χ0v) is 9.66. The molecule has 1 N–H and O–H groups in total. The fourth-order valence-electron chi connectivity index (χ4n) is 1.22. The molecular formula is C12H17NO3. The topological polar surface area (TPSA) is 47.6 Å². The van der Waals surface area contributed by atoms with E-state index < -0.39 is 6.09 Å². The van der Waals surface area contributed by atoms with Crippen molar-refractivity contribution in [2.45, 2.75) is 13.3 Å². The lowest BCUT2D eigenvalue weighted by atomic mass is 10.2. The molecule has 4 heteroatoms. The second-order valence-corrected chi connectivity index (χ2v) is 3.26. The molecule has 16 heavy (non-hydrogen) atoms. The van der Waals surface area contributed by atoms with Crippen molar-refractivity contribution in [2.24, 2.45) is 0 Å². The van der Waals surface area contributed by atoms with Crippen molar-refractivity contribution in [1.29, 1.82) is 0 Å². The highest BCUT2D eigenvalue weighted by atomic mass is 16.5. The fourth-order valence-corrected chi connectivity index (χ4v) is 1.22. The molecule has 1 rings (SSSR count). The first kappa shape index (κ1) is 12.4. The van der Waals surface area contributed by atoms with Gasteiger partial charge in [-0.3, -0.25) is 0 Å². The molecule has 0 saturated carbocycles. The van der Waals surface area contributed by atoms with Gasteiger partial charge in [0.15, 0.2) is 0 Å². The largest absolute Gasteiger partial charge is 0.492 e. The molecule has 0 atom stereocenters. The van der Waals surface area contributed by atoms with Gasteiger partial charge >= 0.3 is 6.09 Å². The Hall–Kier alpha value is -1.71. The number of hydrogen-bond donors (Lipinski definition) is 1. The Morgan fingerprint density at radius 1 is 1.31 bits per heavy atom. The third-order valence-corrected chi connectivity index (χ3v) is 2.16. The summed E-state index contributed by atoms with van der Waals surface area (Å²) in [5.41, 5.74) is 1.28. The second kappa shape index (κ2) is 6.71. The van der Waals surface area contributed by atoms with Crippen molar-refractivity contribution in [2.75, 3.05) is 20.3 Å². The normalized spacial score (nSPS) is 9.62. The van der Waals surface area contributed by atoms with E-state index in [0.29, 0.717) is 13.2 Å². The van der Waals surface area contributed by atoms with Crippen LogP contribution in [0.2, 0.25) is 0 Å². The van der Waals surface area contributed by atoms with Crippen molar-refractivity contribution < 1.29 is 14.3 Å². The highest BCUT2D eigenvalue weighted by Crippen LogP contribution is 2.11. The van der Waals surface area contributed by atoms with Crippen molar-refractivity contribution in [3.8, 4) is 5.75 Å². The number of carbonyl (C=O) groups is 1. The molecule has 0 aliphatic rings. The Balaban J connectivity index is 2.24. The SMILES string of the molecule is CCc1ccc(OCCNC(=O)OC)cc1. The number of aryl methyl sites for hydroxylation is 1. The molecule has 0 aromatic heterocycles. The summed E-state index contributed by atoms with van der Waals surface area (Å²) < 4.78 is 9.86. The number of benzene rings is 1. The van der Waals surface area contributed by atoms with Gasteiger partial charge in [0, 0.05) is 0 Å². The summed E-state index contributed by atoms with van der Waals surface area (Å²) in [6.07, 6.45) is 0.578. The van der Waals surface area contributed by atoms with Gasteiger partial charge in [0.1, 0.15) is 12.4 Å². The van der Waals surface area contributed by atoms with Crippen LogP contribution in [0.5, 0.6) is 5.75 Å². The van der Waals surface area contributed by atoms with Crippen LogP contribution in [0.4, 0.5) is 4.79 Å². The molecule has 0 fully saturated rings. The molecule has 0 bridgehead atoms. The van der Waals surface area contributed by atoms with Gasteiger partial charge in [-0.05, 0) is 24.1 Å². The van der Waals surface area contributed by atoms with Crippen LogP contribution in [0.25, 0.3) is 0 Å². The fraction of sp³-hybridized carbons (Fsp3) is 0.417. The van der Waals surface area contributed by atoms with Crippen LogP contribution < -0.4 is 10.1 Å². The number of amides is 1. The molecule has 4 nitrogen and oxygen atoms in total. The summed E-state index contributed by atoms with van der Waals surface area (Å²) in [6.45, 7) is 2.97. The monoisotopic (exact) mass is 223 g/mol. The first-order chi connectivity index (χ1) is 7.76. The molecule has 0 spiro atoms. The number of carbonyl (C=O) groups excluding carboxylic acids is 1. The summed E-state index contributed by atoms with van der Waals surface area (Å²) in [4.78, 5) is 10.7. The quantitative estimate of drug-likeness (QED) is 0.776. The Kier molecular flexibility index (Phi) is 5.19. The van der Waals surface area contributed by atoms with E-state index in [4.69, 9.17) is 4.74 Å². The second-order valence-electron chi connectivity index (χ2n) is 3.26. The van der Waals surface area contributed by atoms with Gasteiger partial charge in [-0.2, -0.15) is 0 Å². The molecule has 1 aromatic rings. The van der Waals surface area contributed by atoms with Crippen molar-refractivity contribution in [3.05, 3.63) is 29.8 Å². The molecule has 0 heterocycles. The van der Waals surface area contributed by atoms with Gasteiger partial charge in [0.2, 0.25) is 0 Å². The maximum absolute atomic E-state index is 10.7. The summed E-state index contributed by atoms with van der Waals surface area (Å²) in [7, 11) is 1.33. The molecule has 0 aliphatic carbocycles. The van der Waals surface area contributed by atoms with Crippen molar-refractivity contribution in [1.82, 2.24) is 5.32 Å². The van der Waals surface area contributed by atoms with Crippen LogP contribution in [0, 0.1) is 0 Å². The van der Waals surface area contributed by atoms with E-state index in [2.05, 4.69) is 17.0 Å². The summed E-state index contributed by atoms with van der Waals surface area (Å²) >= 11 is 0. The van der Waals surface area contributed by atoms with Crippen LogP contribution >= 0.6 is 0 Å². The number of methoxy groups -OCH3 is 1. The highest BCUT2D eigenvalue weighted by molar-refractivity contribution is 5.66. The van der Waals surface area contributed by atoms with E-state index in [1.165, 1.54) is 12.7 Å². The molecule has 0 aliphatic heterocycles. The Labute approximate surface area is 95.6 Å². The predicted octanol–water partition coefficient (Wildman–Crippen LogP) is 1.98. The lowest BCUT2D eigenvalue weighted by Gasteiger charge is -2.07. The highest BCUT2D eigenvalue weighted by Gasteiger charge is 1.97. The van der Waals surface area contributed by atoms with Crippen LogP contribution in [0.3, 0.4) is 0 Å². The molecule has 1 aromatic carbocycles. The standard InChI is InChI=1S/C12H17NO3/c1-3-10-4-6-11(7-5-10)16-9-8-13-12(14)15-2/h4-7H,3,8-9H2,1-2H3,(H,13,14). The van der Waals surface area contributed by atoms with Crippen LogP contribution in [-0.4, -0.2) is 26.4 Å². The minimum absolute atomic E-state index is 0.431. The Bertz CT molecular complexity index is 322. The molecule has 0 radical (unpaired) electrons. The molecule has 0 unspecified atom stereocenters. The van der Waals surface area contributed by atoms with Crippen molar-refractivity contribution >= 4 is 6.09 Å². The number of rotatable bonds is 5. The predicted molar refractivity (Wildman–Crippen MR) is 61.7 cm³/mol. The smallest absolute Gasteiger partial charge is 0.406 e. The summed E-state index contributed by atoms with van der Waals surface area (Å²) in [5.74, 6) is 0.809. The first-order valence-corrected chi connectivity index (χ1v) is 5.29. The van der Waals surface area contributed by atoms with Gasteiger partial charge in [-0.15, -0.1) is 0 Å². The average molecular weight is 223 g/mol. The Morgan fingerprint density at radius 2 is 2.00 bits per heavy atom. The lowest BCUT2D eigenvalue weighted by molar-refractivity contribution is 0.168. The minimum Gasteiger partial charge on any atom is -0.492 e. The molecule has 1 amide bonds. The van der Waals surface area contributed by atoms with Crippen LogP contribution in [0.15, 0.2) is 24.3 Å². The summed E-state index contributed by atoms with van der Waals surface area (Å²) in [6, 6.07) is 7.92. The van der Waals surface area contributed by atoms with Gasteiger partial charge in [0.25, 0.3) is 0 Å². The van der Waals surface area contributed by atoms with E-state index in [1.807, 2.05) is 24.3 Å². The van der Waals surface area contributed by atoms with Gasteiger partial charge < -0.3 is 14.8 Å². The zero-order chi connectivity index (χ0) is 11.8. The van der Waals surface area contributed by atoms with Crippen LogP contribution in [0.1, 0.15) is 12.5 Å². The number of hydrogen-bond acceptors (Lipinski definition) is 3. The van der Waals surface area contributed by atoms with Gasteiger partial charge in [0.05, 0.1) is 13.7 Å².